The maximum Gasteiger partial charge on any atom is 0.306 e. The normalized spacial score (nSPS) is 16.9. The molecule has 1 saturated heterocycles. The van der Waals surface area contributed by atoms with Crippen molar-refractivity contribution >= 4 is 21.9 Å². The van der Waals surface area contributed by atoms with Crippen LogP contribution in [0.15, 0.2) is 41.0 Å². The first-order chi connectivity index (χ1) is 13.0. The van der Waals surface area contributed by atoms with Crippen LogP contribution in [0.1, 0.15) is 42.6 Å². The molecule has 1 aliphatic rings. The van der Waals surface area contributed by atoms with Crippen LogP contribution in [0.4, 0.5) is 0 Å². The fourth-order valence-electron chi connectivity index (χ4n) is 3.61. The van der Waals surface area contributed by atoms with Gasteiger partial charge in [0.05, 0.1) is 24.3 Å². The van der Waals surface area contributed by atoms with Gasteiger partial charge in [0.25, 0.3) is 0 Å². The van der Waals surface area contributed by atoms with Crippen molar-refractivity contribution < 1.29 is 14.6 Å². The fraction of sp³-hybridized carbons (Fsp3) is 0.429. The van der Waals surface area contributed by atoms with Gasteiger partial charge in [-0.05, 0) is 69.6 Å². The summed E-state index contributed by atoms with van der Waals surface area (Å²) in [5, 5.41) is 9.32. The number of aryl methyl sites for hydroxylation is 1. The molecule has 27 heavy (non-hydrogen) atoms. The second-order valence-electron chi connectivity index (χ2n) is 6.93. The van der Waals surface area contributed by atoms with Crippen LogP contribution in [-0.2, 0) is 4.79 Å². The third-order valence-electron chi connectivity index (χ3n) is 5.02. The average Bonchev–Trinajstić information content (AvgIpc) is 2.66. The van der Waals surface area contributed by atoms with Crippen molar-refractivity contribution in [3.05, 3.63) is 57.8 Å². The second kappa shape index (κ2) is 8.85. The Kier molecular flexibility index (Phi) is 6.50. The molecule has 3 rings (SSSR count). The number of nitrogens with zero attached hydrogens (tertiary/aromatic N) is 2. The Labute approximate surface area is 168 Å². The number of pyridine rings is 1. The number of carboxylic acids is 1. The van der Waals surface area contributed by atoms with Gasteiger partial charge < -0.3 is 9.84 Å². The smallest absolute Gasteiger partial charge is 0.306 e. The summed E-state index contributed by atoms with van der Waals surface area (Å²) in [6.45, 7) is 6.02. The van der Waals surface area contributed by atoms with Crippen LogP contribution in [0.5, 0.6) is 5.75 Å². The minimum atomic E-state index is -0.697. The highest BCUT2D eigenvalue weighted by atomic mass is 79.9. The van der Waals surface area contributed by atoms with E-state index in [0.29, 0.717) is 19.4 Å². The number of likely N-dealkylation sites (tertiary alicyclic amines) is 1. The van der Waals surface area contributed by atoms with Gasteiger partial charge in [-0.2, -0.15) is 0 Å². The van der Waals surface area contributed by atoms with Crippen LogP contribution in [-0.4, -0.2) is 40.7 Å². The first-order valence-electron chi connectivity index (χ1n) is 9.31. The number of benzene rings is 1. The van der Waals surface area contributed by atoms with E-state index < -0.39 is 5.97 Å². The predicted octanol–water partition coefficient (Wildman–Crippen LogP) is 4.44. The van der Waals surface area contributed by atoms with Crippen LogP contribution in [0.25, 0.3) is 0 Å². The Hall–Kier alpha value is -1.92. The molecule has 1 fully saturated rings. The summed E-state index contributed by atoms with van der Waals surface area (Å²) in [5.41, 5.74) is 3.12. The molecule has 1 atom stereocenters. The summed E-state index contributed by atoms with van der Waals surface area (Å²) in [6.07, 6.45) is 3.18. The highest BCUT2D eigenvalue weighted by Crippen LogP contribution is 2.38. The van der Waals surface area contributed by atoms with E-state index in [-0.39, 0.29) is 12.0 Å². The van der Waals surface area contributed by atoms with Gasteiger partial charge in [0.1, 0.15) is 5.75 Å². The Bertz CT molecular complexity index is 787. The zero-order chi connectivity index (χ0) is 19.4. The molecule has 0 spiro atoms. The van der Waals surface area contributed by atoms with Gasteiger partial charge in [0, 0.05) is 16.2 Å². The molecule has 1 unspecified atom stereocenters. The van der Waals surface area contributed by atoms with E-state index in [9.17, 15) is 9.90 Å². The standard InChI is InChI=1S/C21H25BrN2O3/c1-3-27-19-7-5-16(22)12-17(19)20(18-6-4-14(2)13-23-18)24-10-8-15(9-11-24)21(25)26/h4-7,12-13,15,20H,3,8-11H2,1-2H3,(H,25,26). The van der Waals surface area contributed by atoms with Crippen molar-refractivity contribution in [2.45, 2.75) is 32.7 Å². The molecular weight excluding hydrogens is 408 g/mol. The molecule has 0 aliphatic carbocycles. The number of ether oxygens (including phenoxy) is 1. The fourth-order valence-corrected chi connectivity index (χ4v) is 3.99. The van der Waals surface area contributed by atoms with Gasteiger partial charge in [-0.3, -0.25) is 14.7 Å². The number of piperidine rings is 1. The maximum absolute atomic E-state index is 11.3. The molecule has 0 radical (unpaired) electrons. The number of aliphatic carboxylic acids is 1. The van der Waals surface area contributed by atoms with Crippen LogP contribution in [0.3, 0.4) is 0 Å². The quantitative estimate of drug-likeness (QED) is 0.730. The summed E-state index contributed by atoms with van der Waals surface area (Å²) in [4.78, 5) is 18.3. The number of halogens is 1. The Morgan fingerprint density at radius 1 is 1.33 bits per heavy atom. The van der Waals surface area contributed by atoms with Gasteiger partial charge in [0.15, 0.2) is 0 Å². The van der Waals surface area contributed by atoms with Crippen molar-refractivity contribution in [1.82, 2.24) is 9.88 Å². The first-order valence-corrected chi connectivity index (χ1v) is 10.1. The number of hydrogen-bond donors (Lipinski definition) is 1. The molecule has 5 nitrogen and oxygen atoms in total. The van der Waals surface area contributed by atoms with Crippen molar-refractivity contribution in [1.29, 1.82) is 0 Å². The maximum atomic E-state index is 11.3. The highest BCUT2D eigenvalue weighted by Gasteiger charge is 2.32. The van der Waals surface area contributed by atoms with Crippen molar-refractivity contribution in [3.63, 3.8) is 0 Å². The summed E-state index contributed by atoms with van der Waals surface area (Å²) in [7, 11) is 0. The summed E-state index contributed by atoms with van der Waals surface area (Å²) in [6, 6.07) is 10.1. The van der Waals surface area contributed by atoms with Gasteiger partial charge in [-0.1, -0.05) is 22.0 Å². The zero-order valence-electron chi connectivity index (χ0n) is 15.7. The topological polar surface area (TPSA) is 62.7 Å². The van der Waals surface area contributed by atoms with Crippen molar-refractivity contribution in [2.75, 3.05) is 19.7 Å². The SMILES string of the molecule is CCOc1ccc(Br)cc1C(c1ccc(C)cn1)N1CCC(C(=O)O)CC1. The number of carboxylic acid groups (broad SMARTS) is 1. The van der Waals surface area contributed by atoms with Crippen LogP contribution in [0, 0.1) is 12.8 Å². The minimum Gasteiger partial charge on any atom is -0.494 e. The number of hydrogen-bond acceptors (Lipinski definition) is 4. The van der Waals surface area contributed by atoms with E-state index in [1.165, 1.54) is 0 Å². The van der Waals surface area contributed by atoms with E-state index in [1.54, 1.807) is 0 Å². The third-order valence-corrected chi connectivity index (χ3v) is 5.52. The number of rotatable bonds is 6. The van der Waals surface area contributed by atoms with E-state index in [0.717, 1.165) is 40.1 Å². The monoisotopic (exact) mass is 432 g/mol. The third kappa shape index (κ3) is 4.68. The van der Waals surface area contributed by atoms with E-state index in [4.69, 9.17) is 4.74 Å². The average molecular weight is 433 g/mol. The molecule has 1 aliphatic heterocycles. The van der Waals surface area contributed by atoms with Crippen molar-refractivity contribution in [3.8, 4) is 5.75 Å². The zero-order valence-corrected chi connectivity index (χ0v) is 17.3. The molecule has 1 N–H and O–H groups in total. The van der Waals surface area contributed by atoms with Gasteiger partial charge in [-0.15, -0.1) is 0 Å². The van der Waals surface area contributed by atoms with Gasteiger partial charge >= 0.3 is 5.97 Å². The molecule has 2 heterocycles. The molecule has 1 aromatic carbocycles. The van der Waals surface area contributed by atoms with Crippen LogP contribution in [0.2, 0.25) is 0 Å². The molecule has 0 saturated carbocycles. The molecule has 1 aromatic heterocycles. The number of aromatic nitrogens is 1. The lowest BCUT2D eigenvalue weighted by molar-refractivity contribution is -0.143. The Balaban J connectivity index is 2.00. The first kappa shape index (κ1) is 19.8. The molecule has 6 heteroatoms. The lowest BCUT2D eigenvalue weighted by Crippen LogP contribution is -2.39. The summed E-state index contributed by atoms with van der Waals surface area (Å²) in [5.74, 6) is -0.118. The Morgan fingerprint density at radius 3 is 2.67 bits per heavy atom. The van der Waals surface area contributed by atoms with Crippen LogP contribution >= 0.6 is 15.9 Å². The van der Waals surface area contributed by atoms with Gasteiger partial charge in [-0.25, -0.2) is 0 Å². The molecule has 0 amide bonds. The summed E-state index contributed by atoms with van der Waals surface area (Å²) < 4.78 is 6.88. The van der Waals surface area contributed by atoms with Gasteiger partial charge in [0.2, 0.25) is 0 Å². The van der Waals surface area contributed by atoms with E-state index in [2.05, 4.69) is 44.0 Å². The minimum absolute atomic E-state index is 0.0700. The molecular formula is C21H25BrN2O3. The predicted molar refractivity (Wildman–Crippen MR) is 108 cm³/mol. The second-order valence-corrected chi connectivity index (χ2v) is 7.84. The number of carbonyl (C=O) groups is 1. The molecule has 0 bridgehead atoms. The lowest BCUT2D eigenvalue weighted by Gasteiger charge is -2.37. The molecule has 144 valence electrons. The highest BCUT2D eigenvalue weighted by molar-refractivity contribution is 9.10. The van der Waals surface area contributed by atoms with E-state index in [1.807, 2.05) is 32.2 Å². The summed E-state index contributed by atoms with van der Waals surface area (Å²) >= 11 is 3.58. The van der Waals surface area contributed by atoms with E-state index >= 15 is 0 Å². The van der Waals surface area contributed by atoms with Crippen molar-refractivity contribution in [2.24, 2.45) is 5.92 Å². The van der Waals surface area contributed by atoms with Crippen LogP contribution < -0.4 is 4.74 Å². The largest absolute Gasteiger partial charge is 0.494 e. The molecule has 2 aromatic rings. The Morgan fingerprint density at radius 2 is 2.07 bits per heavy atom. The lowest BCUT2D eigenvalue weighted by atomic mass is 9.92.